The lowest BCUT2D eigenvalue weighted by Crippen LogP contribution is -2.52. The number of imide groups is 1. The number of hydrogen-bond acceptors (Lipinski definition) is 4. The fourth-order valence-corrected chi connectivity index (χ4v) is 3.81. The van der Waals surface area contributed by atoms with Crippen molar-refractivity contribution in [2.24, 2.45) is 0 Å². The molecule has 2 amide bonds. The van der Waals surface area contributed by atoms with E-state index in [1.54, 1.807) is 55.5 Å². The summed E-state index contributed by atoms with van der Waals surface area (Å²) in [6, 6.07) is 19.4. The predicted octanol–water partition coefficient (Wildman–Crippen LogP) is 4.88. The van der Waals surface area contributed by atoms with E-state index in [2.05, 4.69) is 4.98 Å². The Hall–Kier alpha value is -3.48. The van der Waals surface area contributed by atoms with Crippen LogP contribution >= 0.6 is 23.2 Å². The van der Waals surface area contributed by atoms with E-state index in [0.717, 1.165) is 9.69 Å². The van der Waals surface area contributed by atoms with Crippen LogP contribution in [0.15, 0.2) is 77.6 Å². The van der Waals surface area contributed by atoms with Crippen molar-refractivity contribution < 1.29 is 9.59 Å². The molecule has 0 radical (unpaired) electrons. The molecule has 0 saturated heterocycles. The van der Waals surface area contributed by atoms with Crippen LogP contribution < -0.4 is 10.6 Å². The van der Waals surface area contributed by atoms with Crippen molar-refractivity contribution in [3.8, 4) is 0 Å². The highest BCUT2D eigenvalue weighted by molar-refractivity contribution is 6.37. The molecule has 1 heterocycles. The van der Waals surface area contributed by atoms with Crippen LogP contribution in [0.4, 0.5) is 0 Å². The Morgan fingerprint density at radius 2 is 1.34 bits per heavy atom. The summed E-state index contributed by atoms with van der Waals surface area (Å²) in [7, 11) is 0. The number of hydrogen-bond donors (Lipinski definition) is 0. The molecule has 0 fully saturated rings. The lowest BCUT2D eigenvalue weighted by molar-refractivity contribution is 0.0852. The highest BCUT2D eigenvalue weighted by atomic mass is 35.5. The summed E-state index contributed by atoms with van der Waals surface area (Å²) >= 11 is 12.5. The van der Waals surface area contributed by atoms with Gasteiger partial charge in [0.15, 0.2) is 0 Å². The largest absolute Gasteiger partial charge is 0.281 e. The number of halogens is 2. The first kappa shape index (κ1) is 21.7. The third-order valence-corrected chi connectivity index (χ3v) is 5.59. The van der Waals surface area contributed by atoms with Crippen LogP contribution in [0.25, 0.3) is 10.9 Å². The normalized spacial score (nSPS) is 10.8. The van der Waals surface area contributed by atoms with E-state index in [1.807, 2.05) is 0 Å². The van der Waals surface area contributed by atoms with Crippen LogP contribution in [0.1, 0.15) is 33.5 Å². The summed E-state index contributed by atoms with van der Waals surface area (Å²) in [5.41, 5.74) is 0.0579. The molecule has 160 valence electrons. The number of aryl methyl sites for hydroxylation is 1. The topological polar surface area (TPSA) is 72.3 Å². The van der Waals surface area contributed by atoms with Gasteiger partial charge < -0.3 is 0 Å². The number of para-hydroxylation sites is 1. The Labute approximate surface area is 193 Å². The summed E-state index contributed by atoms with van der Waals surface area (Å²) in [5.74, 6) is -1.29. The van der Waals surface area contributed by atoms with E-state index >= 15 is 0 Å². The second-order valence-electron chi connectivity index (χ2n) is 6.90. The van der Waals surface area contributed by atoms with Crippen molar-refractivity contribution in [3.05, 3.63) is 110 Å². The van der Waals surface area contributed by atoms with E-state index in [-0.39, 0.29) is 32.4 Å². The number of carbonyl (C=O) groups excluding carboxylic acids is 2. The Morgan fingerprint density at radius 3 is 1.88 bits per heavy atom. The summed E-state index contributed by atoms with van der Waals surface area (Å²) in [6.45, 7) is 1.78. The average Bonchev–Trinajstić information content (AvgIpc) is 2.81. The Balaban J connectivity index is 2.03. The smallest absolute Gasteiger partial charge is 0.267 e. The monoisotopic (exact) mass is 465 g/mol. The van der Waals surface area contributed by atoms with Gasteiger partial charge >= 0.3 is 0 Å². The standard InChI is InChI=1S/C24H17Cl2N3O3/c1-2-21-27-20-14-8-5-11-17(20)24(32)28(21)29(22(30)15-9-3-6-12-18(15)25)23(31)16-10-4-7-13-19(16)26/h3-14H,2H2,1H3. The molecule has 3 aromatic carbocycles. The fraction of sp³-hybridized carbons (Fsp3) is 0.0833. The molecule has 4 rings (SSSR count). The van der Waals surface area contributed by atoms with E-state index < -0.39 is 17.4 Å². The second kappa shape index (κ2) is 8.94. The third-order valence-electron chi connectivity index (χ3n) is 4.93. The zero-order valence-electron chi connectivity index (χ0n) is 17.0. The van der Waals surface area contributed by atoms with Crippen molar-refractivity contribution in [2.45, 2.75) is 13.3 Å². The van der Waals surface area contributed by atoms with Gasteiger partial charge in [0, 0.05) is 6.42 Å². The van der Waals surface area contributed by atoms with Gasteiger partial charge in [-0.2, -0.15) is 9.69 Å². The maximum atomic E-state index is 13.6. The fourth-order valence-electron chi connectivity index (χ4n) is 3.38. The van der Waals surface area contributed by atoms with Gasteiger partial charge in [-0.05, 0) is 36.4 Å². The lowest BCUT2D eigenvalue weighted by atomic mass is 10.1. The van der Waals surface area contributed by atoms with Crippen molar-refractivity contribution in [1.29, 1.82) is 0 Å². The van der Waals surface area contributed by atoms with Gasteiger partial charge in [-0.1, -0.05) is 66.5 Å². The van der Waals surface area contributed by atoms with Gasteiger partial charge in [-0.3, -0.25) is 14.4 Å². The maximum Gasteiger partial charge on any atom is 0.281 e. The van der Waals surface area contributed by atoms with Gasteiger partial charge in [0.1, 0.15) is 5.82 Å². The van der Waals surface area contributed by atoms with Gasteiger partial charge in [0.05, 0.1) is 32.1 Å². The summed E-state index contributed by atoms with van der Waals surface area (Å²) < 4.78 is 1.01. The number of aromatic nitrogens is 2. The molecule has 6 nitrogen and oxygen atoms in total. The van der Waals surface area contributed by atoms with E-state index in [0.29, 0.717) is 11.9 Å². The maximum absolute atomic E-state index is 13.6. The zero-order valence-corrected chi connectivity index (χ0v) is 18.5. The van der Waals surface area contributed by atoms with Crippen molar-refractivity contribution in [1.82, 2.24) is 9.66 Å². The highest BCUT2D eigenvalue weighted by Gasteiger charge is 2.31. The first-order chi connectivity index (χ1) is 15.4. The number of fused-ring (bicyclic) bond motifs is 1. The molecule has 0 N–H and O–H groups in total. The number of nitrogens with zero attached hydrogens (tertiary/aromatic N) is 3. The minimum absolute atomic E-state index is 0.0664. The summed E-state index contributed by atoms with van der Waals surface area (Å²) in [5, 5.41) is 1.33. The van der Waals surface area contributed by atoms with Crippen LogP contribution in [0, 0.1) is 0 Å². The average molecular weight is 466 g/mol. The quantitative estimate of drug-likeness (QED) is 0.402. The molecule has 0 unspecified atom stereocenters. The van der Waals surface area contributed by atoms with Crippen molar-refractivity contribution in [2.75, 3.05) is 5.01 Å². The summed E-state index contributed by atoms with van der Waals surface area (Å²) in [4.78, 5) is 45.3. The number of rotatable bonds is 4. The lowest BCUT2D eigenvalue weighted by Gasteiger charge is -2.25. The number of carbonyl (C=O) groups is 2. The Kier molecular flexibility index (Phi) is 6.08. The van der Waals surface area contributed by atoms with Crippen LogP contribution in [0.2, 0.25) is 10.0 Å². The third kappa shape index (κ3) is 3.79. The summed E-state index contributed by atoms with van der Waals surface area (Å²) in [6.07, 6.45) is 0.294. The van der Waals surface area contributed by atoms with Crippen LogP contribution in [0.5, 0.6) is 0 Å². The van der Waals surface area contributed by atoms with Gasteiger partial charge in [0.25, 0.3) is 17.4 Å². The Morgan fingerprint density at radius 1 is 0.844 bits per heavy atom. The first-order valence-corrected chi connectivity index (χ1v) is 10.6. The van der Waals surface area contributed by atoms with Gasteiger partial charge in [-0.25, -0.2) is 4.98 Å². The molecule has 0 aliphatic carbocycles. The minimum atomic E-state index is -0.769. The highest BCUT2D eigenvalue weighted by Crippen LogP contribution is 2.22. The molecule has 32 heavy (non-hydrogen) atoms. The molecule has 0 saturated carbocycles. The van der Waals surface area contributed by atoms with Crippen molar-refractivity contribution >= 4 is 45.9 Å². The predicted molar refractivity (Wildman–Crippen MR) is 125 cm³/mol. The van der Waals surface area contributed by atoms with Gasteiger partial charge in [-0.15, -0.1) is 0 Å². The molecule has 0 atom stereocenters. The van der Waals surface area contributed by atoms with Crippen molar-refractivity contribution in [3.63, 3.8) is 0 Å². The second-order valence-corrected chi connectivity index (χ2v) is 7.71. The van der Waals surface area contributed by atoms with Crippen LogP contribution in [0.3, 0.4) is 0 Å². The molecule has 8 heteroatoms. The number of amides is 2. The number of benzene rings is 3. The molecular weight excluding hydrogens is 449 g/mol. The van der Waals surface area contributed by atoms with E-state index in [1.165, 1.54) is 24.3 Å². The molecular formula is C24H17Cl2N3O3. The molecule has 1 aromatic heterocycles. The molecule has 0 spiro atoms. The van der Waals surface area contributed by atoms with E-state index in [4.69, 9.17) is 23.2 Å². The molecule has 0 bridgehead atoms. The SMILES string of the molecule is CCc1nc2ccccc2c(=O)n1N(C(=O)c1ccccc1Cl)C(=O)c1ccccc1Cl. The van der Waals surface area contributed by atoms with Crippen LogP contribution in [-0.2, 0) is 6.42 Å². The molecule has 4 aromatic rings. The minimum Gasteiger partial charge on any atom is -0.267 e. The zero-order chi connectivity index (χ0) is 22.8. The first-order valence-electron chi connectivity index (χ1n) is 9.82. The van der Waals surface area contributed by atoms with Gasteiger partial charge in [0.2, 0.25) is 0 Å². The van der Waals surface area contributed by atoms with E-state index in [9.17, 15) is 14.4 Å². The van der Waals surface area contributed by atoms with Crippen LogP contribution in [-0.4, -0.2) is 21.5 Å². The Bertz CT molecular complexity index is 1360. The molecule has 0 aliphatic rings. The molecule has 0 aliphatic heterocycles.